The van der Waals surface area contributed by atoms with Crippen molar-refractivity contribution in [2.45, 2.75) is 309 Å². The van der Waals surface area contributed by atoms with Crippen LogP contribution in [0.2, 0.25) is 0 Å². The zero-order chi connectivity index (χ0) is 44.9. The number of ether oxygens (including phenoxy) is 3. The Labute approximate surface area is 387 Å². The first kappa shape index (κ1) is 60.4. The van der Waals surface area contributed by atoms with E-state index in [0.717, 1.165) is 57.8 Å². The largest absolute Gasteiger partial charge is 0.462 e. The summed E-state index contributed by atoms with van der Waals surface area (Å²) in [5.41, 5.74) is 0. The van der Waals surface area contributed by atoms with Crippen molar-refractivity contribution >= 4 is 11.9 Å². The molecule has 0 aromatic heterocycles. The highest BCUT2D eigenvalue weighted by atomic mass is 16.6. The maximum atomic E-state index is 12.8. The summed E-state index contributed by atoms with van der Waals surface area (Å²) in [4.78, 5) is 25.4. The molecule has 1 unspecified atom stereocenters. The Balaban J connectivity index is 4.16. The molecule has 0 aromatic rings. The van der Waals surface area contributed by atoms with Crippen LogP contribution in [0.4, 0.5) is 0 Å². The molecular weight excluding hydrogens is 765 g/mol. The average molecular weight is 873 g/mol. The van der Waals surface area contributed by atoms with Gasteiger partial charge in [0.25, 0.3) is 0 Å². The first-order valence-electron chi connectivity index (χ1n) is 27.9. The van der Waals surface area contributed by atoms with Gasteiger partial charge in [-0.1, -0.05) is 251 Å². The topological polar surface area (TPSA) is 61.8 Å². The zero-order valence-electron chi connectivity index (χ0n) is 42.2. The number of carbonyl (C=O) groups is 2. The van der Waals surface area contributed by atoms with Crippen molar-refractivity contribution in [2.24, 2.45) is 0 Å². The first-order chi connectivity index (χ1) is 30.6. The van der Waals surface area contributed by atoms with Crippen LogP contribution in [0.1, 0.15) is 303 Å². The quantitative estimate of drug-likeness (QED) is 0.0346. The summed E-state index contributed by atoms with van der Waals surface area (Å²) >= 11 is 0. The summed E-state index contributed by atoms with van der Waals surface area (Å²) in [7, 11) is 0. The third-order valence-electron chi connectivity index (χ3n) is 12.5. The fourth-order valence-electron chi connectivity index (χ4n) is 8.25. The zero-order valence-corrected chi connectivity index (χ0v) is 42.2. The van der Waals surface area contributed by atoms with E-state index in [1.165, 1.54) is 212 Å². The minimum atomic E-state index is -0.537. The van der Waals surface area contributed by atoms with Crippen molar-refractivity contribution in [3.63, 3.8) is 0 Å². The van der Waals surface area contributed by atoms with Crippen LogP contribution in [0.25, 0.3) is 0 Å². The van der Waals surface area contributed by atoms with Gasteiger partial charge >= 0.3 is 11.9 Å². The molecule has 0 fully saturated rings. The standard InChI is InChI=1S/C57H108O5/c1-4-7-10-13-16-19-22-24-26-27-28-29-30-32-34-37-40-43-46-49-52-60-53-55(62-57(59)51-48-45-42-39-35-21-18-15-12-9-6-3)54-61-56(58)50-47-44-41-38-36-33-31-25-23-20-17-14-11-8-5-2/h15,18,25,31,55H,4-14,16-17,19-24,26-30,32-54H2,1-3H3/b18-15-,31-25-. The molecule has 0 heterocycles. The van der Waals surface area contributed by atoms with Crippen LogP contribution in [0.15, 0.2) is 24.3 Å². The molecular formula is C57H108O5. The van der Waals surface area contributed by atoms with E-state index in [4.69, 9.17) is 14.2 Å². The second-order valence-corrected chi connectivity index (χ2v) is 18.8. The number of rotatable bonds is 52. The van der Waals surface area contributed by atoms with Crippen molar-refractivity contribution in [1.82, 2.24) is 0 Å². The van der Waals surface area contributed by atoms with Gasteiger partial charge in [0.15, 0.2) is 6.10 Å². The third-order valence-corrected chi connectivity index (χ3v) is 12.5. The molecule has 0 spiro atoms. The van der Waals surface area contributed by atoms with E-state index >= 15 is 0 Å². The van der Waals surface area contributed by atoms with Gasteiger partial charge in [-0.15, -0.1) is 0 Å². The van der Waals surface area contributed by atoms with Gasteiger partial charge in [-0.3, -0.25) is 9.59 Å². The summed E-state index contributed by atoms with van der Waals surface area (Å²) in [6.45, 7) is 7.83. The minimum Gasteiger partial charge on any atom is -0.462 e. The van der Waals surface area contributed by atoms with Crippen LogP contribution in [-0.4, -0.2) is 37.9 Å². The third kappa shape index (κ3) is 51.0. The Kier molecular flexibility index (Phi) is 52.3. The number of hydrogen-bond acceptors (Lipinski definition) is 5. The Morgan fingerprint density at radius 1 is 0.339 bits per heavy atom. The van der Waals surface area contributed by atoms with Crippen LogP contribution < -0.4 is 0 Å². The van der Waals surface area contributed by atoms with Crippen molar-refractivity contribution in [3.05, 3.63) is 24.3 Å². The molecule has 1 atom stereocenters. The summed E-state index contributed by atoms with van der Waals surface area (Å²) in [5, 5.41) is 0. The van der Waals surface area contributed by atoms with Gasteiger partial charge in [0.2, 0.25) is 0 Å². The molecule has 5 nitrogen and oxygen atoms in total. The van der Waals surface area contributed by atoms with E-state index in [-0.39, 0.29) is 25.2 Å². The maximum absolute atomic E-state index is 12.8. The number of allylic oxidation sites excluding steroid dienone is 4. The monoisotopic (exact) mass is 873 g/mol. The Hall–Kier alpha value is -1.62. The molecule has 0 aromatic carbocycles. The SMILES string of the molecule is CCCC/C=C\CCCCCCCC(=O)OC(COCCCCCCCCCCCCCCCCCCCCCC)COC(=O)CCCCCCC/C=C\CCCCCCCC. The van der Waals surface area contributed by atoms with Crippen molar-refractivity contribution in [3.8, 4) is 0 Å². The number of carbonyl (C=O) groups excluding carboxylic acids is 2. The molecule has 0 aliphatic rings. The molecule has 0 bridgehead atoms. The lowest BCUT2D eigenvalue weighted by molar-refractivity contribution is -0.163. The van der Waals surface area contributed by atoms with Gasteiger partial charge in [-0.2, -0.15) is 0 Å². The highest BCUT2D eigenvalue weighted by molar-refractivity contribution is 5.70. The van der Waals surface area contributed by atoms with Crippen LogP contribution in [0.5, 0.6) is 0 Å². The van der Waals surface area contributed by atoms with Crippen molar-refractivity contribution in [1.29, 1.82) is 0 Å². The molecule has 0 saturated heterocycles. The number of esters is 2. The lowest BCUT2D eigenvalue weighted by Crippen LogP contribution is -2.30. The van der Waals surface area contributed by atoms with E-state index < -0.39 is 6.10 Å². The average Bonchev–Trinajstić information content (AvgIpc) is 3.27. The van der Waals surface area contributed by atoms with Gasteiger partial charge in [0.1, 0.15) is 6.61 Å². The molecule has 0 amide bonds. The first-order valence-corrected chi connectivity index (χ1v) is 27.9. The fraction of sp³-hybridized carbons (Fsp3) is 0.895. The predicted octanol–water partition coefficient (Wildman–Crippen LogP) is 18.8. The van der Waals surface area contributed by atoms with Gasteiger partial charge in [0, 0.05) is 19.4 Å². The van der Waals surface area contributed by atoms with E-state index in [9.17, 15) is 9.59 Å². The summed E-state index contributed by atoms with van der Waals surface area (Å²) in [5.74, 6) is -0.400. The highest BCUT2D eigenvalue weighted by Gasteiger charge is 2.17. The molecule has 0 radical (unpaired) electrons. The molecule has 366 valence electrons. The molecule has 0 aliphatic carbocycles. The van der Waals surface area contributed by atoms with E-state index in [1.807, 2.05) is 0 Å². The molecule has 0 saturated carbocycles. The lowest BCUT2D eigenvalue weighted by Gasteiger charge is -2.18. The summed E-state index contributed by atoms with van der Waals surface area (Å²) < 4.78 is 17.4. The van der Waals surface area contributed by atoms with Crippen LogP contribution >= 0.6 is 0 Å². The Morgan fingerprint density at radius 3 is 1.03 bits per heavy atom. The Morgan fingerprint density at radius 2 is 0.645 bits per heavy atom. The van der Waals surface area contributed by atoms with Gasteiger partial charge in [-0.25, -0.2) is 0 Å². The van der Waals surface area contributed by atoms with Crippen molar-refractivity contribution in [2.75, 3.05) is 19.8 Å². The second-order valence-electron chi connectivity index (χ2n) is 18.8. The summed E-state index contributed by atoms with van der Waals surface area (Å²) in [6.07, 6.45) is 63.4. The predicted molar refractivity (Wildman–Crippen MR) is 270 cm³/mol. The van der Waals surface area contributed by atoms with Crippen LogP contribution in [0, 0.1) is 0 Å². The number of unbranched alkanes of at least 4 members (excludes halogenated alkanes) is 37. The molecule has 0 N–H and O–H groups in total. The van der Waals surface area contributed by atoms with E-state index in [1.54, 1.807) is 0 Å². The molecule has 5 heteroatoms. The minimum absolute atomic E-state index is 0.0840. The summed E-state index contributed by atoms with van der Waals surface area (Å²) in [6, 6.07) is 0. The fourth-order valence-corrected chi connectivity index (χ4v) is 8.25. The highest BCUT2D eigenvalue weighted by Crippen LogP contribution is 2.16. The van der Waals surface area contributed by atoms with Gasteiger partial charge in [0.05, 0.1) is 6.61 Å². The van der Waals surface area contributed by atoms with Gasteiger partial charge in [-0.05, 0) is 64.2 Å². The number of hydrogen-bond donors (Lipinski definition) is 0. The molecule has 62 heavy (non-hydrogen) atoms. The smallest absolute Gasteiger partial charge is 0.306 e. The van der Waals surface area contributed by atoms with Crippen molar-refractivity contribution < 1.29 is 23.8 Å². The van der Waals surface area contributed by atoms with Gasteiger partial charge < -0.3 is 14.2 Å². The van der Waals surface area contributed by atoms with Crippen LogP contribution in [-0.2, 0) is 23.8 Å². The van der Waals surface area contributed by atoms with E-state index in [2.05, 4.69) is 45.1 Å². The molecule has 0 rings (SSSR count). The Bertz CT molecular complexity index is 943. The van der Waals surface area contributed by atoms with Crippen LogP contribution in [0.3, 0.4) is 0 Å². The lowest BCUT2D eigenvalue weighted by atomic mass is 10.0. The second kappa shape index (κ2) is 53.7. The molecule has 0 aliphatic heterocycles. The normalized spacial score (nSPS) is 12.2. The van der Waals surface area contributed by atoms with E-state index in [0.29, 0.717) is 19.4 Å². The maximum Gasteiger partial charge on any atom is 0.306 e.